The zero-order valence-corrected chi connectivity index (χ0v) is 25.8. The van der Waals surface area contributed by atoms with Gasteiger partial charge in [-0.05, 0) is 89.5 Å². The maximum Gasteiger partial charge on any atom is 0.283 e. The third-order valence-electron chi connectivity index (χ3n) is 9.19. The van der Waals surface area contributed by atoms with Crippen LogP contribution in [0.5, 0.6) is 0 Å². The van der Waals surface area contributed by atoms with Gasteiger partial charge in [0.15, 0.2) is 12.1 Å². The van der Waals surface area contributed by atoms with Crippen molar-refractivity contribution in [3.05, 3.63) is 68.1 Å². The van der Waals surface area contributed by atoms with E-state index in [0.29, 0.717) is 32.4 Å². The molecule has 0 aliphatic carbocycles. The minimum atomic E-state index is -0.697. The van der Waals surface area contributed by atoms with E-state index in [4.69, 9.17) is 0 Å². The molecule has 0 radical (unpaired) electrons. The molecule has 2 aromatic carbocycles. The van der Waals surface area contributed by atoms with E-state index >= 15 is 0 Å². The van der Waals surface area contributed by atoms with E-state index in [1.54, 1.807) is 0 Å². The molecule has 2 N–H and O–H groups in total. The fraction of sp³-hybridized carbons (Fsp3) is 0.576. The number of nitrogens with zero attached hydrogens (tertiary/aromatic N) is 2. The number of amides is 2. The summed E-state index contributed by atoms with van der Waals surface area (Å²) in [7, 11) is 0. The molecule has 41 heavy (non-hydrogen) atoms. The van der Waals surface area contributed by atoms with Crippen LogP contribution in [0.4, 0.5) is 11.4 Å². The van der Waals surface area contributed by atoms with Crippen molar-refractivity contribution in [3.8, 4) is 0 Å². The summed E-state index contributed by atoms with van der Waals surface area (Å²) in [5.41, 5.74) is 7.77. The molecule has 4 atom stereocenters. The Labute approximate surface area is 245 Å². The predicted octanol–water partition coefficient (Wildman–Crippen LogP) is 6.24. The quantitative estimate of drug-likeness (QED) is 0.293. The monoisotopic (exact) mass is 564 g/mol. The van der Waals surface area contributed by atoms with Gasteiger partial charge in [-0.2, -0.15) is 0 Å². The van der Waals surface area contributed by atoms with Crippen molar-refractivity contribution in [2.75, 3.05) is 36.8 Å². The van der Waals surface area contributed by atoms with Gasteiger partial charge in [0.05, 0.1) is 26.2 Å². The molecule has 2 aliphatic rings. The average molecular weight is 565 g/mol. The Morgan fingerprint density at radius 3 is 1.34 bits per heavy atom. The average Bonchev–Trinajstić information content (AvgIpc) is 2.88. The Balaban J connectivity index is 1.43. The second kappa shape index (κ2) is 12.6. The molecule has 2 aliphatic heterocycles. The number of aryl methyl sites for hydroxylation is 6. The van der Waals surface area contributed by atoms with Crippen molar-refractivity contribution in [1.82, 2.24) is 0 Å². The second-order valence-corrected chi connectivity index (χ2v) is 12.7. The van der Waals surface area contributed by atoms with E-state index in [1.165, 1.54) is 0 Å². The largest absolute Gasteiger partial charge is 0.632 e. The summed E-state index contributed by atoms with van der Waals surface area (Å²) in [4.78, 5) is 26.9. The lowest BCUT2D eigenvalue weighted by atomic mass is 9.98. The highest BCUT2D eigenvalue weighted by molar-refractivity contribution is 5.96. The maximum absolute atomic E-state index is 14.1. The van der Waals surface area contributed by atoms with E-state index in [-0.39, 0.29) is 24.9 Å². The number of quaternary nitrogens is 2. The predicted molar refractivity (Wildman–Crippen MR) is 165 cm³/mol. The number of hydrogen-bond donors (Lipinski definition) is 2. The first-order valence-electron chi connectivity index (χ1n) is 15.3. The number of likely N-dealkylation sites (tertiary alicyclic amines) is 2. The first-order valence-corrected chi connectivity index (χ1v) is 15.3. The van der Waals surface area contributed by atoms with Gasteiger partial charge in [0.1, 0.15) is 0 Å². The highest BCUT2D eigenvalue weighted by Crippen LogP contribution is 2.31. The number of hydroxylamine groups is 6. The van der Waals surface area contributed by atoms with Gasteiger partial charge >= 0.3 is 0 Å². The highest BCUT2D eigenvalue weighted by atomic mass is 16.6. The summed E-state index contributed by atoms with van der Waals surface area (Å²) in [5, 5.41) is 34.3. The fourth-order valence-electron chi connectivity index (χ4n) is 7.21. The molecule has 4 rings (SSSR count). The molecule has 0 bridgehead atoms. The molecule has 0 spiro atoms. The minimum Gasteiger partial charge on any atom is -0.632 e. The van der Waals surface area contributed by atoms with Gasteiger partial charge in [0.25, 0.3) is 11.8 Å². The molecule has 2 aromatic rings. The Morgan fingerprint density at radius 1 is 0.659 bits per heavy atom. The summed E-state index contributed by atoms with van der Waals surface area (Å²) >= 11 is 0. The molecule has 2 fully saturated rings. The first kappa shape index (κ1) is 31.2. The van der Waals surface area contributed by atoms with Gasteiger partial charge < -0.3 is 30.3 Å². The van der Waals surface area contributed by atoms with Crippen LogP contribution in [0, 0.1) is 52.0 Å². The van der Waals surface area contributed by atoms with Gasteiger partial charge in [0.2, 0.25) is 0 Å². The molecule has 0 saturated carbocycles. The smallest absolute Gasteiger partial charge is 0.283 e. The summed E-state index contributed by atoms with van der Waals surface area (Å²) in [6.45, 7) is 13.1. The van der Waals surface area contributed by atoms with E-state index in [2.05, 4.69) is 10.6 Å². The summed E-state index contributed by atoms with van der Waals surface area (Å²) < 4.78 is -1.21. The van der Waals surface area contributed by atoms with Gasteiger partial charge in [-0.1, -0.05) is 35.4 Å². The summed E-state index contributed by atoms with van der Waals surface area (Å²) in [6, 6.07) is 6.74. The van der Waals surface area contributed by atoms with Crippen LogP contribution >= 0.6 is 0 Å². The molecule has 8 heteroatoms. The highest BCUT2D eigenvalue weighted by Gasteiger charge is 2.41. The van der Waals surface area contributed by atoms with Crippen molar-refractivity contribution in [2.24, 2.45) is 0 Å². The zero-order valence-electron chi connectivity index (χ0n) is 25.8. The second-order valence-electron chi connectivity index (χ2n) is 12.7. The van der Waals surface area contributed by atoms with Crippen LogP contribution in [0.1, 0.15) is 78.3 Å². The lowest BCUT2D eigenvalue weighted by molar-refractivity contribution is -0.919. The van der Waals surface area contributed by atoms with Gasteiger partial charge in [-0.15, -0.1) is 0 Å². The molecule has 2 heterocycles. The standard InChI is InChI=1S/C33H48N4O4/c1-22-18-24(3)30(25(4)19-22)34-32(38)28-12-7-9-14-36(28,40)16-11-17-37(41)15-10-8-13-29(37)33(39)35-31-26(5)20-23(2)21-27(31)6/h18-21,28-29H,7-17H2,1-6H3,(H,34,38)(H,35,39)/t28-,29-,36?,37?/m0/s1. The number of carbonyl (C=O) groups is 2. The van der Waals surface area contributed by atoms with Crippen molar-refractivity contribution in [2.45, 2.75) is 98.6 Å². The number of anilines is 2. The number of benzene rings is 2. The topological polar surface area (TPSA) is 104 Å². The Kier molecular flexibility index (Phi) is 9.59. The van der Waals surface area contributed by atoms with Crippen molar-refractivity contribution >= 4 is 23.2 Å². The van der Waals surface area contributed by atoms with Crippen molar-refractivity contribution in [1.29, 1.82) is 0 Å². The van der Waals surface area contributed by atoms with E-state index < -0.39 is 21.4 Å². The number of piperidine rings is 2. The number of rotatable bonds is 8. The maximum atomic E-state index is 14.1. The van der Waals surface area contributed by atoms with Crippen LogP contribution in [0.2, 0.25) is 0 Å². The van der Waals surface area contributed by atoms with E-state index in [9.17, 15) is 20.0 Å². The van der Waals surface area contributed by atoms with Crippen LogP contribution in [0.25, 0.3) is 0 Å². The SMILES string of the molecule is Cc1cc(C)c(NC(=O)[C@@H]2CCCC[N+]2([O-])CCC[N+]2([O-])CCCC[C@H]2C(=O)Nc2c(C)cc(C)cc2C)c(C)c1. The zero-order chi connectivity index (χ0) is 29.9. The van der Waals surface area contributed by atoms with Crippen LogP contribution < -0.4 is 10.6 Å². The Bertz CT molecular complexity index is 1150. The van der Waals surface area contributed by atoms with Crippen molar-refractivity contribution < 1.29 is 18.9 Å². The Hall–Kier alpha value is -2.78. The molecule has 0 aromatic heterocycles. The van der Waals surface area contributed by atoms with Gasteiger partial charge in [0, 0.05) is 30.6 Å². The first-order chi connectivity index (χ1) is 19.3. The van der Waals surface area contributed by atoms with Gasteiger partial charge in [-0.3, -0.25) is 9.59 Å². The molecule has 8 nitrogen and oxygen atoms in total. The van der Waals surface area contributed by atoms with Crippen LogP contribution in [0.15, 0.2) is 24.3 Å². The molecule has 2 saturated heterocycles. The van der Waals surface area contributed by atoms with Crippen molar-refractivity contribution in [3.63, 3.8) is 0 Å². The third kappa shape index (κ3) is 7.00. The number of carbonyl (C=O) groups excluding carboxylic acids is 2. The third-order valence-corrected chi connectivity index (χ3v) is 9.19. The number of nitrogens with one attached hydrogen (secondary N) is 2. The fourth-order valence-corrected chi connectivity index (χ4v) is 7.21. The van der Waals surface area contributed by atoms with Crippen LogP contribution in [-0.2, 0) is 9.59 Å². The summed E-state index contributed by atoms with van der Waals surface area (Å²) in [5.74, 6) is -0.473. The number of hydrogen-bond acceptors (Lipinski definition) is 4. The van der Waals surface area contributed by atoms with Crippen LogP contribution in [-0.4, -0.2) is 59.4 Å². The Morgan fingerprint density at radius 2 is 1.00 bits per heavy atom. The van der Waals surface area contributed by atoms with E-state index in [1.807, 2.05) is 65.8 Å². The normalized spacial score (nSPS) is 26.4. The molecule has 2 unspecified atom stereocenters. The summed E-state index contributed by atoms with van der Waals surface area (Å²) in [6.07, 6.45) is 4.68. The molecule has 2 amide bonds. The van der Waals surface area contributed by atoms with Gasteiger partial charge in [-0.25, -0.2) is 0 Å². The minimum absolute atomic E-state index is 0.205. The van der Waals surface area contributed by atoms with E-state index in [0.717, 1.165) is 70.4 Å². The molecule has 224 valence electrons. The van der Waals surface area contributed by atoms with Crippen LogP contribution in [0.3, 0.4) is 0 Å². The lowest BCUT2D eigenvalue weighted by Crippen LogP contribution is -2.61. The molecular weight excluding hydrogens is 516 g/mol. The lowest BCUT2D eigenvalue weighted by Gasteiger charge is -2.53. The molecular formula is C33H48N4O4.